The second-order valence-electron chi connectivity index (χ2n) is 5.12. The Kier molecular flexibility index (Phi) is 2.86. The average Bonchev–Trinajstić information content (AvgIpc) is 2.94. The van der Waals surface area contributed by atoms with E-state index < -0.39 is 0 Å². The maximum atomic E-state index is 12.2. The first kappa shape index (κ1) is 12.6. The van der Waals surface area contributed by atoms with Crippen LogP contribution < -0.4 is 5.32 Å². The van der Waals surface area contributed by atoms with Crippen LogP contribution in [0.5, 0.6) is 0 Å². The Hall–Kier alpha value is -3.14. The fourth-order valence-electron chi connectivity index (χ4n) is 2.63. The third-order valence-corrected chi connectivity index (χ3v) is 3.71. The first-order chi connectivity index (χ1) is 10.8. The van der Waals surface area contributed by atoms with E-state index in [2.05, 4.69) is 21.4 Å². The number of hydrogen-bond donors (Lipinski definition) is 2. The number of rotatable bonds is 2. The monoisotopic (exact) mass is 287 g/mol. The quantitative estimate of drug-likeness (QED) is 0.586. The van der Waals surface area contributed by atoms with Crippen LogP contribution in [0.3, 0.4) is 0 Å². The van der Waals surface area contributed by atoms with Crippen LogP contribution in [0.1, 0.15) is 10.4 Å². The molecule has 0 unspecified atom stereocenters. The molecule has 106 valence electrons. The maximum Gasteiger partial charge on any atom is 0.255 e. The van der Waals surface area contributed by atoms with Crippen LogP contribution >= 0.6 is 0 Å². The highest BCUT2D eigenvalue weighted by Gasteiger charge is 2.08. The number of amides is 1. The second kappa shape index (κ2) is 5.00. The molecular weight excluding hydrogens is 274 g/mol. The lowest BCUT2D eigenvalue weighted by Crippen LogP contribution is -2.11. The summed E-state index contributed by atoms with van der Waals surface area (Å²) < 4.78 is 0. The summed E-state index contributed by atoms with van der Waals surface area (Å²) in [7, 11) is 0. The fraction of sp³-hybridized carbons (Fsp3) is 0. The fourth-order valence-corrected chi connectivity index (χ4v) is 2.63. The maximum absolute atomic E-state index is 12.2. The molecule has 1 amide bonds. The molecule has 4 rings (SSSR count). The molecule has 4 nitrogen and oxygen atoms in total. The van der Waals surface area contributed by atoms with Gasteiger partial charge in [-0.25, -0.2) is 0 Å². The highest BCUT2D eigenvalue weighted by atomic mass is 16.1. The normalized spacial score (nSPS) is 10.9. The van der Waals surface area contributed by atoms with Crippen LogP contribution in [0.25, 0.3) is 21.8 Å². The van der Waals surface area contributed by atoms with E-state index in [0.717, 1.165) is 27.5 Å². The third-order valence-electron chi connectivity index (χ3n) is 3.71. The molecule has 0 atom stereocenters. The van der Waals surface area contributed by atoms with Crippen LogP contribution in [0.2, 0.25) is 0 Å². The molecule has 4 heteroatoms. The van der Waals surface area contributed by atoms with Crippen molar-refractivity contribution >= 4 is 33.4 Å². The van der Waals surface area contributed by atoms with Gasteiger partial charge in [0.05, 0.1) is 0 Å². The number of pyridine rings is 1. The summed E-state index contributed by atoms with van der Waals surface area (Å²) in [6.45, 7) is 0. The number of H-pyrrole nitrogens is 1. The minimum atomic E-state index is -0.137. The van der Waals surface area contributed by atoms with Gasteiger partial charge in [-0.1, -0.05) is 18.2 Å². The molecule has 0 aliphatic rings. The molecule has 0 saturated carbocycles. The summed E-state index contributed by atoms with van der Waals surface area (Å²) in [6, 6.07) is 17.4. The Labute approximate surface area is 126 Å². The predicted octanol–water partition coefficient (Wildman–Crippen LogP) is 3.97. The van der Waals surface area contributed by atoms with E-state index >= 15 is 0 Å². The van der Waals surface area contributed by atoms with Gasteiger partial charge in [-0.05, 0) is 36.4 Å². The lowest BCUT2D eigenvalue weighted by atomic mass is 10.1. The summed E-state index contributed by atoms with van der Waals surface area (Å²) >= 11 is 0. The van der Waals surface area contributed by atoms with Crippen LogP contribution in [0.4, 0.5) is 5.69 Å². The molecule has 0 bridgehead atoms. The van der Waals surface area contributed by atoms with Gasteiger partial charge in [0.15, 0.2) is 0 Å². The van der Waals surface area contributed by atoms with Gasteiger partial charge in [0.2, 0.25) is 0 Å². The van der Waals surface area contributed by atoms with Crippen molar-refractivity contribution in [2.45, 2.75) is 0 Å². The van der Waals surface area contributed by atoms with E-state index in [1.807, 2.05) is 36.4 Å². The third kappa shape index (κ3) is 2.11. The lowest BCUT2D eigenvalue weighted by Gasteiger charge is -2.05. The smallest absolute Gasteiger partial charge is 0.255 e. The molecule has 0 fully saturated rings. The van der Waals surface area contributed by atoms with Gasteiger partial charge in [-0.3, -0.25) is 9.78 Å². The molecule has 22 heavy (non-hydrogen) atoms. The van der Waals surface area contributed by atoms with E-state index in [4.69, 9.17) is 0 Å². The molecular formula is C18H13N3O. The first-order valence-electron chi connectivity index (χ1n) is 7.03. The number of hydrogen-bond acceptors (Lipinski definition) is 2. The number of anilines is 1. The molecule has 2 heterocycles. The minimum absolute atomic E-state index is 0.137. The molecule has 0 saturated heterocycles. The number of nitrogens with zero attached hydrogens (tertiary/aromatic N) is 1. The van der Waals surface area contributed by atoms with Crippen LogP contribution in [0.15, 0.2) is 67.0 Å². The summed E-state index contributed by atoms with van der Waals surface area (Å²) in [5.74, 6) is -0.137. The highest BCUT2D eigenvalue weighted by Crippen LogP contribution is 2.27. The van der Waals surface area contributed by atoms with E-state index in [-0.39, 0.29) is 5.91 Å². The topological polar surface area (TPSA) is 57.8 Å². The van der Waals surface area contributed by atoms with E-state index in [9.17, 15) is 4.79 Å². The van der Waals surface area contributed by atoms with Crippen molar-refractivity contribution < 1.29 is 4.79 Å². The van der Waals surface area contributed by atoms with Gasteiger partial charge in [-0.15, -0.1) is 0 Å². The highest BCUT2D eigenvalue weighted by molar-refractivity contribution is 6.10. The predicted molar refractivity (Wildman–Crippen MR) is 88.0 cm³/mol. The number of nitrogens with one attached hydrogen (secondary N) is 2. The van der Waals surface area contributed by atoms with Crippen molar-refractivity contribution in [3.8, 4) is 0 Å². The lowest BCUT2D eigenvalue weighted by molar-refractivity contribution is 0.102. The Morgan fingerprint density at radius 1 is 0.909 bits per heavy atom. The Balaban J connectivity index is 1.73. The number of para-hydroxylation sites is 1. The number of benzene rings is 2. The van der Waals surface area contributed by atoms with Gasteiger partial charge in [-0.2, -0.15) is 0 Å². The number of aromatic amines is 1. The zero-order chi connectivity index (χ0) is 14.9. The Morgan fingerprint density at radius 3 is 2.55 bits per heavy atom. The molecule has 0 radical (unpaired) electrons. The molecule has 2 aromatic carbocycles. The van der Waals surface area contributed by atoms with Gasteiger partial charge >= 0.3 is 0 Å². The summed E-state index contributed by atoms with van der Waals surface area (Å²) in [5.41, 5.74) is 3.52. The number of fused-ring (bicyclic) bond motifs is 3. The van der Waals surface area contributed by atoms with Crippen LogP contribution in [-0.4, -0.2) is 15.9 Å². The van der Waals surface area contributed by atoms with E-state index in [1.54, 1.807) is 24.5 Å². The van der Waals surface area contributed by atoms with Gasteiger partial charge in [0, 0.05) is 45.5 Å². The zero-order valence-corrected chi connectivity index (χ0v) is 11.7. The van der Waals surface area contributed by atoms with Crippen molar-refractivity contribution in [2.24, 2.45) is 0 Å². The second-order valence-corrected chi connectivity index (χ2v) is 5.12. The van der Waals surface area contributed by atoms with E-state index in [0.29, 0.717) is 5.56 Å². The average molecular weight is 287 g/mol. The molecule has 0 aliphatic heterocycles. The molecule has 4 aromatic rings. The van der Waals surface area contributed by atoms with Gasteiger partial charge in [0.1, 0.15) is 0 Å². The standard InChI is InChI=1S/C18H13N3O/c22-18(12-7-9-19-10-8-12)20-13-5-6-17-15(11-13)14-3-1-2-4-16(14)21-17/h1-11,21H,(H,20,22). The summed E-state index contributed by atoms with van der Waals surface area (Å²) in [6.07, 6.45) is 3.22. The number of carbonyl (C=O) groups excluding carboxylic acids is 1. The molecule has 2 N–H and O–H groups in total. The Morgan fingerprint density at radius 2 is 1.68 bits per heavy atom. The van der Waals surface area contributed by atoms with Gasteiger partial charge < -0.3 is 10.3 Å². The SMILES string of the molecule is O=C(Nc1ccc2[nH]c3ccccc3c2c1)c1ccncc1. The Bertz CT molecular complexity index is 973. The number of aromatic nitrogens is 2. The molecule has 2 aromatic heterocycles. The summed E-state index contributed by atoms with van der Waals surface area (Å²) in [5, 5.41) is 5.17. The van der Waals surface area contributed by atoms with Crippen LogP contribution in [0, 0.1) is 0 Å². The van der Waals surface area contributed by atoms with Crippen molar-refractivity contribution in [3.05, 3.63) is 72.6 Å². The minimum Gasteiger partial charge on any atom is -0.355 e. The number of carbonyl (C=O) groups is 1. The largest absolute Gasteiger partial charge is 0.355 e. The molecule has 0 aliphatic carbocycles. The van der Waals surface area contributed by atoms with Gasteiger partial charge in [0.25, 0.3) is 5.91 Å². The van der Waals surface area contributed by atoms with Crippen molar-refractivity contribution in [1.29, 1.82) is 0 Å². The van der Waals surface area contributed by atoms with Crippen molar-refractivity contribution in [3.63, 3.8) is 0 Å². The van der Waals surface area contributed by atoms with Crippen LogP contribution in [-0.2, 0) is 0 Å². The van der Waals surface area contributed by atoms with Crippen molar-refractivity contribution in [2.75, 3.05) is 5.32 Å². The zero-order valence-electron chi connectivity index (χ0n) is 11.7. The molecule has 0 spiro atoms. The summed E-state index contributed by atoms with van der Waals surface area (Å²) in [4.78, 5) is 19.5. The first-order valence-corrected chi connectivity index (χ1v) is 7.03. The van der Waals surface area contributed by atoms with E-state index in [1.165, 1.54) is 0 Å². The van der Waals surface area contributed by atoms with Crippen molar-refractivity contribution in [1.82, 2.24) is 9.97 Å².